The van der Waals surface area contributed by atoms with Crippen molar-refractivity contribution < 1.29 is 4.79 Å². The van der Waals surface area contributed by atoms with Gasteiger partial charge in [0.15, 0.2) is 0 Å². The molecule has 2 fully saturated rings. The molecule has 0 unspecified atom stereocenters. The fraction of sp³-hybridized carbons (Fsp3) is 0.611. The third kappa shape index (κ3) is 3.47. The number of piperazine rings is 1. The number of carbonyl (C=O) groups is 1. The highest BCUT2D eigenvalue weighted by Gasteiger charge is 2.39. The molecular formula is C18H25ClN2O. The Morgan fingerprint density at radius 2 is 1.86 bits per heavy atom. The van der Waals surface area contributed by atoms with Gasteiger partial charge in [-0.25, -0.2) is 0 Å². The van der Waals surface area contributed by atoms with E-state index in [0.29, 0.717) is 5.91 Å². The molecule has 1 amide bonds. The Bertz CT molecular complexity index is 532. The summed E-state index contributed by atoms with van der Waals surface area (Å²) in [6.07, 6.45) is 4.54. The van der Waals surface area contributed by atoms with Crippen LogP contribution in [0.15, 0.2) is 24.3 Å². The first-order chi connectivity index (χ1) is 10.6. The quantitative estimate of drug-likeness (QED) is 0.850. The van der Waals surface area contributed by atoms with Crippen molar-refractivity contribution >= 4 is 17.5 Å². The normalized spacial score (nSPS) is 22.0. The molecule has 0 atom stereocenters. The topological polar surface area (TPSA) is 23.6 Å². The lowest BCUT2D eigenvalue weighted by Gasteiger charge is -2.38. The van der Waals surface area contributed by atoms with E-state index in [1.165, 1.54) is 18.4 Å². The molecule has 2 aliphatic rings. The van der Waals surface area contributed by atoms with Gasteiger partial charge >= 0.3 is 0 Å². The molecule has 0 radical (unpaired) electrons. The summed E-state index contributed by atoms with van der Waals surface area (Å²) >= 11 is 6.04. The van der Waals surface area contributed by atoms with Crippen LogP contribution in [0.5, 0.6) is 0 Å². The zero-order valence-electron chi connectivity index (χ0n) is 13.4. The van der Waals surface area contributed by atoms with E-state index >= 15 is 0 Å². The Morgan fingerprint density at radius 1 is 1.18 bits per heavy atom. The number of rotatable bonds is 3. The summed E-state index contributed by atoms with van der Waals surface area (Å²) in [5, 5.41) is 0.792. The minimum Gasteiger partial charge on any atom is -0.340 e. The average Bonchev–Trinajstić information content (AvgIpc) is 2.95. The Kier molecular flexibility index (Phi) is 4.74. The molecule has 0 bridgehead atoms. The molecule has 120 valence electrons. The number of hydrogen-bond donors (Lipinski definition) is 0. The molecule has 0 spiro atoms. The van der Waals surface area contributed by atoms with Crippen LogP contribution in [0.4, 0.5) is 0 Å². The summed E-state index contributed by atoms with van der Waals surface area (Å²) in [7, 11) is 0. The first kappa shape index (κ1) is 15.8. The van der Waals surface area contributed by atoms with Crippen LogP contribution in [0, 0.1) is 5.41 Å². The lowest BCUT2D eigenvalue weighted by Crippen LogP contribution is -2.51. The van der Waals surface area contributed by atoms with Crippen LogP contribution in [0.3, 0.4) is 0 Å². The second-order valence-corrected chi connectivity index (χ2v) is 7.40. The number of nitrogens with zero attached hydrogens (tertiary/aromatic N) is 2. The molecule has 0 aromatic heterocycles. The highest BCUT2D eigenvalue weighted by molar-refractivity contribution is 6.30. The van der Waals surface area contributed by atoms with Crippen molar-refractivity contribution in [2.24, 2.45) is 5.41 Å². The maximum atomic E-state index is 12.7. The number of benzene rings is 1. The van der Waals surface area contributed by atoms with Crippen LogP contribution >= 0.6 is 11.6 Å². The fourth-order valence-electron chi connectivity index (χ4n) is 3.75. The monoisotopic (exact) mass is 320 g/mol. The van der Waals surface area contributed by atoms with Gasteiger partial charge in [-0.2, -0.15) is 0 Å². The summed E-state index contributed by atoms with van der Waals surface area (Å²) in [5.74, 6) is 0.382. The van der Waals surface area contributed by atoms with Gasteiger partial charge in [-0.15, -0.1) is 0 Å². The Morgan fingerprint density at radius 3 is 2.50 bits per heavy atom. The summed E-state index contributed by atoms with van der Waals surface area (Å²) < 4.78 is 0. The Balaban J connectivity index is 1.53. The lowest BCUT2D eigenvalue weighted by molar-refractivity contribution is -0.142. The second-order valence-electron chi connectivity index (χ2n) is 6.97. The van der Waals surface area contributed by atoms with Crippen LogP contribution < -0.4 is 0 Å². The smallest absolute Gasteiger partial charge is 0.228 e. The van der Waals surface area contributed by atoms with Crippen LogP contribution in [0.1, 0.15) is 38.2 Å². The van der Waals surface area contributed by atoms with E-state index in [1.807, 2.05) is 18.2 Å². The van der Waals surface area contributed by atoms with Gasteiger partial charge in [-0.05, 0) is 30.5 Å². The molecular weight excluding hydrogens is 296 g/mol. The summed E-state index contributed by atoms with van der Waals surface area (Å²) in [6, 6.07) is 8.05. The molecule has 3 nitrogen and oxygen atoms in total. The van der Waals surface area contributed by atoms with Crippen molar-refractivity contribution in [1.82, 2.24) is 9.80 Å². The van der Waals surface area contributed by atoms with Crippen molar-refractivity contribution in [1.29, 1.82) is 0 Å². The molecule has 1 aromatic carbocycles. The molecule has 1 aromatic rings. The van der Waals surface area contributed by atoms with Crippen LogP contribution in [0.2, 0.25) is 5.02 Å². The van der Waals surface area contributed by atoms with Crippen molar-refractivity contribution in [3.63, 3.8) is 0 Å². The first-order valence-electron chi connectivity index (χ1n) is 8.33. The maximum absolute atomic E-state index is 12.7. The minimum atomic E-state index is -0.0882. The van der Waals surface area contributed by atoms with E-state index in [9.17, 15) is 4.79 Å². The van der Waals surface area contributed by atoms with Gasteiger partial charge in [0.1, 0.15) is 0 Å². The zero-order chi connectivity index (χ0) is 15.6. The van der Waals surface area contributed by atoms with Crippen molar-refractivity contribution in [2.45, 2.75) is 39.2 Å². The summed E-state index contributed by atoms with van der Waals surface area (Å²) in [4.78, 5) is 17.2. The van der Waals surface area contributed by atoms with Crippen LogP contribution in [-0.2, 0) is 11.3 Å². The van der Waals surface area contributed by atoms with E-state index in [1.54, 1.807) is 0 Å². The van der Waals surface area contributed by atoms with E-state index in [-0.39, 0.29) is 5.41 Å². The lowest BCUT2D eigenvalue weighted by atomic mass is 9.87. The molecule has 1 aliphatic heterocycles. The van der Waals surface area contributed by atoms with Crippen molar-refractivity contribution in [2.75, 3.05) is 26.2 Å². The van der Waals surface area contributed by atoms with Gasteiger partial charge in [-0.1, -0.05) is 43.5 Å². The van der Waals surface area contributed by atoms with Gasteiger partial charge in [0, 0.05) is 43.2 Å². The summed E-state index contributed by atoms with van der Waals surface area (Å²) in [6.45, 7) is 6.69. The van der Waals surface area contributed by atoms with Crippen LogP contribution in [-0.4, -0.2) is 41.9 Å². The summed E-state index contributed by atoms with van der Waals surface area (Å²) in [5.41, 5.74) is 1.16. The SMILES string of the molecule is CC1(C(=O)N2CCN(Cc3cccc(Cl)c3)CC2)CCCC1. The van der Waals surface area contributed by atoms with Crippen molar-refractivity contribution in [3.05, 3.63) is 34.9 Å². The molecule has 4 heteroatoms. The number of halogens is 1. The predicted octanol–water partition coefficient (Wildman–Crippen LogP) is 3.56. The first-order valence-corrected chi connectivity index (χ1v) is 8.71. The van der Waals surface area contributed by atoms with Gasteiger partial charge in [0.25, 0.3) is 0 Å². The standard InChI is InChI=1S/C18H25ClN2O/c1-18(7-2-3-8-18)17(22)21-11-9-20(10-12-21)14-15-5-4-6-16(19)13-15/h4-6,13H,2-3,7-12,14H2,1H3. The molecule has 22 heavy (non-hydrogen) atoms. The van der Waals surface area contributed by atoms with E-state index < -0.39 is 0 Å². The maximum Gasteiger partial charge on any atom is 0.228 e. The third-order valence-corrected chi connectivity index (χ3v) is 5.41. The largest absolute Gasteiger partial charge is 0.340 e. The fourth-order valence-corrected chi connectivity index (χ4v) is 3.97. The van der Waals surface area contributed by atoms with Gasteiger partial charge in [0.2, 0.25) is 5.91 Å². The minimum absolute atomic E-state index is 0.0882. The predicted molar refractivity (Wildman–Crippen MR) is 89.9 cm³/mol. The van der Waals surface area contributed by atoms with E-state index in [0.717, 1.165) is 50.6 Å². The number of hydrogen-bond acceptors (Lipinski definition) is 2. The number of amides is 1. The number of carbonyl (C=O) groups excluding carboxylic acids is 1. The highest BCUT2D eigenvalue weighted by atomic mass is 35.5. The molecule has 1 saturated heterocycles. The highest BCUT2D eigenvalue weighted by Crippen LogP contribution is 2.39. The third-order valence-electron chi connectivity index (χ3n) is 5.18. The molecule has 1 heterocycles. The molecule has 0 N–H and O–H groups in total. The molecule has 1 saturated carbocycles. The Labute approximate surface area is 138 Å². The molecule has 1 aliphatic carbocycles. The Hall–Kier alpha value is -1.06. The van der Waals surface area contributed by atoms with Gasteiger partial charge < -0.3 is 4.90 Å². The van der Waals surface area contributed by atoms with Crippen LogP contribution in [0.25, 0.3) is 0 Å². The van der Waals surface area contributed by atoms with Crippen molar-refractivity contribution in [3.8, 4) is 0 Å². The zero-order valence-corrected chi connectivity index (χ0v) is 14.1. The molecule has 3 rings (SSSR count). The van der Waals surface area contributed by atoms with E-state index in [4.69, 9.17) is 11.6 Å². The average molecular weight is 321 g/mol. The van der Waals surface area contributed by atoms with Gasteiger partial charge in [-0.3, -0.25) is 9.69 Å². The second kappa shape index (κ2) is 6.59. The van der Waals surface area contributed by atoms with Gasteiger partial charge in [0.05, 0.1) is 0 Å². The van der Waals surface area contributed by atoms with E-state index in [2.05, 4.69) is 22.8 Å².